The number of rotatable bonds is 5. The quantitative estimate of drug-likeness (QED) is 0.726. The van der Waals surface area contributed by atoms with E-state index in [1.165, 1.54) is 24.1 Å². The molecular formula is C15H17ClN2O3. The van der Waals surface area contributed by atoms with Crippen molar-refractivity contribution in [2.45, 2.75) is 25.7 Å². The Hall–Kier alpha value is -2.01. The summed E-state index contributed by atoms with van der Waals surface area (Å²) in [5, 5.41) is 14.5. The van der Waals surface area contributed by atoms with Gasteiger partial charge in [-0.15, -0.1) is 0 Å². The molecule has 1 aromatic carbocycles. The van der Waals surface area contributed by atoms with Crippen LogP contribution in [0.5, 0.6) is 0 Å². The van der Waals surface area contributed by atoms with Crippen molar-refractivity contribution in [1.82, 2.24) is 5.32 Å². The Morgan fingerprint density at radius 3 is 2.81 bits per heavy atom. The number of carboxylic acids is 1. The third-order valence-electron chi connectivity index (χ3n) is 3.32. The van der Waals surface area contributed by atoms with Gasteiger partial charge in [0.1, 0.15) is 0 Å². The molecule has 0 spiro atoms. The van der Waals surface area contributed by atoms with Gasteiger partial charge in [0.2, 0.25) is 0 Å². The Balaban J connectivity index is 1.84. The molecule has 2 amide bonds. The number of hydrogen-bond donors (Lipinski definition) is 3. The largest absolute Gasteiger partial charge is 0.478 e. The molecule has 0 atom stereocenters. The van der Waals surface area contributed by atoms with Gasteiger partial charge in [0.15, 0.2) is 0 Å². The third-order valence-corrected chi connectivity index (χ3v) is 3.65. The van der Waals surface area contributed by atoms with Crippen LogP contribution in [-0.4, -0.2) is 23.7 Å². The molecular weight excluding hydrogens is 292 g/mol. The average molecular weight is 309 g/mol. The molecule has 0 saturated heterocycles. The van der Waals surface area contributed by atoms with Gasteiger partial charge in [-0.25, -0.2) is 9.59 Å². The summed E-state index contributed by atoms with van der Waals surface area (Å²) >= 11 is 5.77. The van der Waals surface area contributed by atoms with Crippen LogP contribution in [0.25, 0.3) is 0 Å². The standard InChI is InChI=1S/C15H17ClN2O3/c16-13-6-5-11(9-12(13)14(19)20)18-15(21)17-8-7-10-3-1-2-4-10/h3,5-6,9H,1-2,4,7-8H2,(H,19,20)(H2,17,18,21). The number of hydrogen-bond acceptors (Lipinski definition) is 2. The fourth-order valence-corrected chi connectivity index (χ4v) is 2.44. The van der Waals surface area contributed by atoms with Gasteiger partial charge in [-0.05, 0) is 43.9 Å². The maximum Gasteiger partial charge on any atom is 0.337 e. The lowest BCUT2D eigenvalue weighted by atomic mass is 10.2. The molecule has 6 heteroatoms. The number of carbonyl (C=O) groups is 2. The Labute approximate surface area is 128 Å². The van der Waals surface area contributed by atoms with E-state index < -0.39 is 5.97 Å². The number of benzene rings is 1. The fraction of sp³-hybridized carbons (Fsp3) is 0.333. The Kier molecular flexibility index (Phi) is 5.22. The average Bonchev–Trinajstić information content (AvgIpc) is 2.94. The first-order chi connectivity index (χ1) is 10.1. The molecule has 21 heavy (non-hydrogen) atoms. The van der Waals surface area contributed by atoms with Crippen molar-refractivity contribution in [3.05, 3.63) is 40.4 Å². The summed E-state index contributed by atoms with van der Waals surface area (Å²) in [7, 11) is 0. The highest BCUT2D eigenvalue weighted by Gasteiger charge is 2.11. The van der Waals surface area contributed by atoms with E-state index in [2.05, 4.69) is 16.7 Å². The third kappa shape index (κ3) is 4.49. The SMILES string of the molecule is O=C(NCCC1=CCCC1)Nc1ccc(Cl)c(C(=O)O)c1. The van der Waals surface area contributed by atoms with Crippen LogP contribution in [-0.2, 0) is 0 Å². The van der Waals surface area contributed by atoms with Gasteiger partial charge in [-0.1, -0.05) is 23.3 Å². The van der Waals surface area contributed by atoms with Crippen LogP contribution in [0.4, 0.5) is 10.5 Å². The molecule has 0 bridgehead atoms. The van der Waals surface area contributed by atoms with Crippen LogP contribution in [0, 0.1) is 0 Å². The van der Waals surface area contributed by atoms with Crippen molar-refractivity contribution in [2.75, 3.05) is 11.9 Å². The second kappa shape index (κ2) is 7.13. The summed E-state index contributed by atoms with van der Waals surface area (Å²) in [6.07, 6.45) is 6.52. The lowest BCUT2D eigenvalue weighted by molar-refractivity contribution is 0.0697. The number of urea groups is 1. The van der Waals surface area contributed by atoms with E-state index in [9.17, 15) is 9.59 Å². The van der Waals surface area contributed by atoms with Crippen molar-refractivity contribution in [1.29, 1.82) is 0 Å². The molecule has 5 nitrogen and oxygen atoms in total. The monoisotopic (exact) mass is 308 g/mol. The topological polar surface area (TPSA) is 78.4 Å². The van der Waals surface area contributed by atoms with Crippen LogP contribution in [0.1, 0.15) is 36.0 Å². The highest BCUT2D eigenvalue weighted by Crippen LogP contribution is 2.21. The van der Waals surface area contributed by atoms with Crippen LogP contribution in [0.2, 0.25) is 5.02 Å². The van der Waals surface area contributed by atoms with Crippen LogP contribution >= 0.6 is 11.6 Å². The zero-order valence-corrected chi connectivity index (χ0v) is 12.2. The molecule has 3 N–H and O–H groups in total. The molecule has 0 aliphatic heterocycles. The molecule has 2 rings (SSSR count). The van der Waals surface area contributed by atoms with Crippen LogP contribution in [0.15, 0.2) is 29.8 Å². The van der Waals surface area contributed by atoms with Gasteiger partial charge >= 0.3 is 12.0 Å². The lowest BCUT2D eigenvalue weighted by Gasteiger charge is -2.09. The first kappa shape index (κ1) is 15.4. The predicted octanol–water partition coefficient (Wildman–Crippen LogP) is 3.66. The Bertz CT molecular complexity index is 584. The molecule has 0 saturated carbocycles. The summed E-state index contributed by atoms with van der Waals surface area (Å²) in [4.78, 5) is 22.7. The first-order valence-electron chi connectivity index (χ1n) is 6.82. The number of carboxylic acid groups (broad SMARTS) is 1. The predicted molar refractivity (Wildman–Crippen MR) is 82.0 cm³/mol. The highest BCUT2D eigenvalue weighted by molar-refractivity contribution is 6.33. The minimum absolute atomic E-state index is 0.0365. The maximum atomic E-state index is 11.7. The summed E-state index contributed by atoms with van der Waals surface area (Å²) < 4.78 is 0. The zero-order valence-electron chi connectivity index (χ0n) is 11.5. The second-order valence-corrected chi connectivity index (χ2v) is 5.29. The van der Waals surface area contributed by atoms with Gasteiger partial charge in [0, 0.05) is 12.2 Å². The molecule has 1 aliphatic carbocycles. The van der Waals surface area contributed by atoms with Crippen molar-refractivity contribution in [3.8, 4) is 0 Å². The van der Waals surface area contributed by atoms with Gasteiger partial charge < -0.3 is 15.7 Å². The Morgan fingerprint density at radius 2 is 2.14 bits per heavy atom. The second-order valence-electron chi connectivity index (χ2n) is 4.89. The van der Waals surface area contributed by atoms with E-state index in [4.69, 9.17) is 16.7 Å². The van der Waals surface area contributed by atoms with E-state index >= 15 is 0 Å². The van der Waals surface area contributed by atoms with E-state index in [1.807, 2.05) is 0 Å². The minimum atomic E-state index is -1.13. The number of nitrogens with one attached hydrogen (secondary N) is 2. The van der Waals surface area contributed by atoms with Gasteiger partial charge in [0.25, 0.3) is 0 Å². The van der Waals surface area contributed by atoms with Gasteiger partial charge in [-0.3, -0.25) is 0 Å². The number of allylic oxidation sites excluding steroid dienone is 1. The van der Waals surface area contributed by atoms with Crippen molar-refractivity contribution in [2.24, 2.45) is 0 Å². The minimum Gasteiger partial charge on any atom is -0.478 e. The first-order valence-corrected chi connectivity index (χ1v) is 7.19. The van der Waals surface area contributed by atoms with E-state index in [-0.39, 0.29) is 16.6 Å². The Morgan fingerprint density at radius 1 is 1.33 bits per heavy atom. The number of aromatic carboxylic acids is 1. The van der Waals surface area contributed by atoms with Crippen LogP contribution < -0.4 is 10.6 Å². The molecule has 0 aromatic heterocycles. The number of halogens is 1. The van der Waals surface area contributed by atoms with Crippen molar-refractivity contribution in [3.63, 3.8) is 0 Å². The number of anilines is 1. The zero-order chi connectivity index (χ0) is 15.2. The number of amides is 2. The van der Waals surface area contributed by atoms with E-state index in [0.29, 0.717) is 12.2 Å². The van der Waals surface area contributed by atoms with E-state index in [0.717, 1.165) is 19.3 Å². The summed E-state index contributed by atoms with van der Waals surface area (Å²) in [6.45, 7) is 0.567. The fourth-order valence-electron chi connectivity index (χ4n) is 2.24. The molecule has 112 valence electrons. The normalized spacial score (nSPS) is 13.7. The van der Waals surface area contributed by atoms with Crippen LogP contribution in [0.3, 0.4) is 0 Å². The van der Waals surface area contributed by atoms with Crippen molar-refractivity contribution >= 4 is 29.3 Å². The number of carbonyl (C=O) groups excluding carboxylic acids is 1. The van der Waals surface area contributed by atoms with Gasteiger partial charge in [-0.2, -0.15) is 0 Å². The van der Waals surface area contributed by atoms with Crippen molar-refractivity contribution < 1.29 is 14.7 Å². The summed E-state index contributed by atoms with van der Waals surface area (Å²) in [5.41, 5.74) is 1.75. The molecule has 0 unspecified atom stereocenters. The molecule has 0 fully saturated rings. The molecule has 1 aliphatic rings. The summed E-state index contributed by atoms with van der Waals surface area (Å²) in [6, 6.07) is 3.99. The summed E-state index contributed by atoms with van der Waals surface area (Å²) in [5.74, 6) is -1.13. The lowest BCUT2D eigenvalue weighted by Crippen LogP contribution is -2.29. The van der Waals surface area contributed by atoms with E-state index in [1.54, 1.807) is 6.07 Å². The molecule has 1 aromatic rings. The molecule has 0 radical (unpaired) electrons. The highest BCUT2D eigenvalue weighted by atomic mass is 35.5. The maximum absolute atomic E-state index is 11.7. The van der Waals surface area contributed by atoms with Gasteiger partial charge in [0.05, 0.1) is 10.6 Å². The smallest absolute Gasteiger partial charge is 0.337 e. The molecule has 0 heterocycles.